The second kappa shape index (κ2) is 11.5. The number of carbonyl (C=O) groups is 2. The number of aliphatic imine (C=N–C) groups is 1. The van der Waals surface area contributed by atoms with Crippen LogP contribution in [0.2, 0.25) is 0 Å². The predicted octanol–water partition coefficient (Wildman–Crippen LogP) is 3.30. The zero-order valence-electron chi connectivity index (χ0n) is 18.6. The Kier molecular flexibility index (Phi) is 8.44. The van der Waals surface area contributed by atoms with Gasteiger partial charge in [0.1, 0.15) is 0 Å². The third kappa shape index (κ3) is 6.06. The molecular weight excluding hydrogens is 392 g/mol. The third-order valence-corrected chi connectivity index (χ3v) is 5.79. The summed E-state index contributed by atoms with van der Waals surface area (Å²) in [6.07, 6.45) is 10.9. The minimum absolute atomic E-state index is 0.305. The van der Waals surface area contributed by atoms with Crippen LogP contribution in [0.15, 0.2) is 40.4 Å². The molecule has 3 rings (SSSR count). The van der Waals surface area contributed by atoms with E-state index in [2.05, 4.69) is 27.8 Å². The van der Waals surface area contributed by atoms with Gasteiger partial charge in [-0.3, -0.25) is 10.1 Å². The van der Waals surface area contributed by atoms with Gasteiger partial charge in [-0.15, -0.1) is 0 Å². The molecule has 0 radical (unpaired) electrons. The molecule has 8 nitrogen and oxygen atoms in total. The monoisotopic (exact) mass is 426 g/mol. The number of nitrogens with one attached hydrogen (secondary N) is 2. The molecule has 168 valence electrons. The highest BCUT2D eigenvalue weighted by atomic mass is 16.2. The predicted molar refractivity (Wildman–Crippen MR) is 123 cm³/mol. The van der Waals surface area contributed by atoms with Crippen molar-refractivity contribution in [2.24, 2.45) is 10.1 Å². The highest BCUT2D eigenvalue weighted by Gasteiger charge is 2.48. The lowest BCUT2D eigenvalue weighted by Crippen LogP contribution is -2.64. The smallest absolute Gasteiger partial charge is 0.325 e. The summed E-state index contributed by atoms with van der Waals surface area (Å²) in [5, 5.41) is 6.73. The van der Waals surface area contributed by atoms with Gasteiger partial charge in [0.25, 0.3) is 5.91 Å². The lowest BCUT2D eigenvalue weighted by atomic mass is 10.1. The zero-order valence-corrected chi connectivity index (χ0v) is 18.6. The molecule has 2 unspecified atom stereocenters. The Morgan fingerprint density at radius 3 is 2.45 bits per heavy atom. The normalized spacial score (nSPS) is 20.8. The summed E-state index contributed by atoms with van der Waals surface area (Å²) in [5.74, 6) is 0.224. The van der Waals surface area contributed by atoms with Crippen LogP contribution in [0.3, 0.4) is 0 Å². The van der Waals surface area contributed by atoms with E-state index >= 15 is 0 Å². The van der Waals surface area contributed by atoms with Crippen LogP contribution in [-0.4, -0.2) is 59.7 Å². The fourth-order valence-electron chi connectivity index (χ4n) is 3.98. The van der Waals surface area contributed by atoms with Crippen molar-refractivity contribution in [3.63, 3.8) is 0 Å². The summed E-state index contributed by atoms with van der Waals surface area (Å²) in [7, 11) is 1.66. The number of unbranched alkanes of at least 4 members (excludes halogenated alkanes) is 7. The standard InChI is InChI=1S/C23H34N6O2/c1-3-4-5-6-7-8-9-13-16-29-19-20(28(2)23(31)26-21(19)30)25-22(29)27-24-17-18-14-11-10-12-15-18/h10-12,14-15,17,19-20H,3-9,13,16H2,1-2H3,(H,25,27)(H,26,30,31)/b24-17-. The van der Waals surface area contributed by atoms with E-state index in [0.717, 1.165) is 18.4 Å². The Morgan fingerprint density at radius 1 is 1.06 bits per heavy atom. The summed E-state index contributed by atoms with van der Waals surface area (Å²) in [5.41, 5.74) is 3.96. The molecule has 31 heavy (non-hydrogen) atoms. The number of benzene rings is 1. The van der Waals surface area contributed by atoms with Gasteiger partial charge in [-0.25, -0.2) is 15.2 Å². The van der Waals surface area contributed by atoms with Gasteiger partial charge in [0.05, 0.1) is 6.21 Å². The summed E-state index contributed by atoms with van der Waals surface area (Å²) in [6, 6.07) is 8.81. The molecule has 0 bridgehead atoms. The van der Waals surface area contributed by atoms with Gasteiger partial charge < -0.3 is 9.80 Å². The fourth-order valence-corrected chi connectivity index (χ4v) is 3.98. The van der Waals surface area contributed by atoms with Crippen molar-refractivity contribution >= 4 is 24.1 Å². The Morgan fingerprint density at radius 2 is 1.74 bits per heavy atom. The molecule has 2 heterocycles. The van der Waals surface area contributed by atoms with Gasteiger partial charge in [0.15, 0.2) is 12.2 Å². The Balaban J connectivity index is 1.59. The van der Waals surface area contributed by atoms with Crippen molar-refractivity contribution in [1.82, 2.24) is 20.5 Å². The molecule has 1 aromatic carbocycles. The third-order valence-electron chi connectivity index (χ3n) is 5.79. The van der Waals surface area contributed by atoms with Gasteiger partial charge in [-0.1, -0.05) is 82.2 Å². The Hall–Kier alpha value is -2.90. The number of urea groups is 1. The lowest BCUT2D eigenvalue weighted by Gasteiger charge is -2.36. The van der Waals surface area contributed by atoms with Crippen molar-refractivity contribution in [3.8, 4) is 0 Å². The second-order valence-corrected chi connectivity index (χ2v) is 8.17. The number of hydrogen-bond donors (Lipinski definition) is 2. The molecule has 1 aromatic rings. The van der Waals surface area contributed by atoms with Crippen LogP contribution in [0.5, 0.6) is 0 Å². The van der Waals surface area contributed by atoms with E-state index in [4.69, 9.17) is 0 Å². The number of rotatable bonds is 11. The first-order chi connectivity index (χ1) is 15.1. The average Bonchev–Trinajstić information content (AvgIpc) is 3.14. The van der Waals surface area contributed by atoms with Crippen molar-refractivity contribution in [3.05, 3.63) is 35.9 Å². The maximum absolute atomic E-state index is 12.6. The van der Waals surface area contributed by atoms with Crippen LogP contribution in [-0.2, 0) is 4.79 Å². The Labute approximate surface area is 184 Å². The number of fused-ring (bicyclic) bond motifs is 1. The quantitative estimate of drug-likeness (QED) is 0.323. The van der Waals surface area contributed by atoms with Crippen molar-refractivity contribution < 1.29 is 9.59 Å². The first-order valence-electron chi connectivity index (χ1n) is 11.4. The molecular formula is C23H34N6O2. The van der Waals surface area contributed by atoms with Crippen LogP contribution in [0, 0.1) is 0 Å². The summed E-state index contributed by atoms with van der Waals surface area (Å²) >= 11 is 0. The summed E-state index contributed by atoms with van der Waals surface area (Å²) in [4.78, 5) is 32.6. The molecule has 2 aliphatic rings. The van der Waals surface area contributed by atoms with E-state index in [9.17, 15) is 9.59 Å². The van der Waals surface area contributed by atoms with Gasteiger partial charge in [0, 0.05) is 13.6 Å². The first kappa shape index (κ1) is 22.8. The van der Waals surface area contributed by atoms with Gasteiger partial charge >= 0.3 is 6.03 Å². The van der Waals surface area contributed by atoms with E-state index < -0.39 is 18.2 Å². The van der Waals surface area contributed by atoms with E-state index in [1.807, 2.05) is 35.2 Å². The van der Waals surface area contributed by atoms with Crippen molar-refractivity contribution in [1.29, 1.82) is 0 Å². The molecule has 2 atom stereocenters. The minimum Gasteiger partial charge on any atom is -0.326 e. The number of likely N-dealkylation sites (N-methyl/N-ethyl adjacent to an activating group) is 1. The summed E-state index contributed by atoms with van der Waals surface area (Å²) < 4.78 is 0. The number of guanidine groups is 1. The van der Waals surface area contributed by atoms with Gasteiger partial charge in [0.2, 0.25) is 5.96 Å². The van der Waals surface area contributed by atoms with Crippen LogP contribution in [0.25, 0.3) is 0 Å². The number of hydrogen-bond acceptors (Lipinski definition) is 6. The minimum atomic E-state index is -0.537. The molecule has 0 spiro atoms. The number of nitrogens with zero attached hydrogens (tertiary/aromatic N) is 4. The fraction of sp³-hybridized carbons (Fsp3) is 0.565. The molecule has 1 saturated heterocycles. The molecule has 0 aromatic heterocycles. The highest BCUT2D eigenvalue weighted by Crippen LogP contribution is 2.24. The molecule has 1 fully saturated rings. The zero-order chi connectivity index (χ0) is 22.1. The Bertz CT molecular complexity index is 795. The molecule has 3 amide bonds. The first-order valence-corrected chi connectivity index (χ1v) is 11.4. The lowest BCUT2D eigenvalue weighted by molar-refractivity contribution is -0.127. The number of hydrazone groups is 1. The largest absolute Gasteiger partial charge is 0.326 e. The SMILES string of the molecule is CCCCCCCCCCN1C(N/N=C\c2ccccc2)=NC2C1C(=O)NC(=O)N2C. The molecule has 0 aliphatic carbocycles. The molecule has 2 N–H and O–H groups in total. The van der Waals surface area contributed by atoms with Crippen LogP contribution in [0.4, 0.5) is 4.79 Å². The van der Waals surface area contributed by atoms with Gasteiger partial charge in [-0.05, 0) is 12.0 Å². The number of imide groups is 1. The van der Waals surface area contributed by atoms with Crippen molar-refractivity contribution in [2.45, 2.75) is 70.5 Å². The maximum Gasteiger partial charge on any atom is 0.325 e. The van der Waals surface area contributed by atoms with Crippen molar-refractivity contribution in [2.75, 3.05) is 13.6 Å². The van der Waals surface area contributed by atoms with Crippen LogP contribution >= 0.6 is 0 Å². The van der Waals surface area contributed by atoms with E-state index in [0.29, 0.717) is 12.5 Å². The van der Waals surface area contributed by atoms with E-state index in [1.165, 1.54) is 43.4 Å². The topological polar surface area (TPSA) is 89.4 Å². The maximum atomic E-state index is 12.6. The number of carbonyl (C=O) groups excluding carboxylic acids is 2. The summed E-state index contributed by atoms with van der Waals surface area (Å²) in [6.45, 7) is 2.92. The molecule has 0 saturated carbocycles. The number of amides is 3. The van der Waals surface area contributed by atoms with Gasteiger partial charge in [-0.2, -0.15) is 5.10 Å². The van der Waals surface area contributed by atoms with Crippen LogP contribution in [0.1, 0.15) is 63.9 Å². The second-order valence-electron chi connectivity index (χ2n) is 8.17. The molecule has 2 aliphatic heterocycles. The highest BCUT2D eigenvalue weighted by molar-refractivity contribution is 6.03. The van der Waals surface area contributed by atoms with E-state index in [-0.39, 0.29) is 5.91 Å². The average molecular weight is 427 g/mol. The molecule has 8 heteroatoms. The van der Waals surface area contributed by atoms with E-state index in [1.54, 1.807) is 13.3 Å². The van der Waals surface area contributed by atoms with Crippen LogP contribution < -0.4 is 10.7 Å².